The van der Waals surface area contributed by atoms with Crippen molar-refractivity contribution < 1.29 is 5.11 Å². The van der Waals surface area contributed by atoms with Crippen molar-refractivity contribution in [3.05, 3.63) is 21.3 Å². The fourth-order valence-electron chi connectivity index (χ4n) is 2.48. The molecule has 2 N–H and O–H groups in total. The molecule has 1 fully saturated rings. The third-order valence-corrected chi connectivity index (χ3v) is 5.38. The Labute approximate surface area is 118 Å². The van der Waals surface area contributed by atoms with E-state index in [4.69, 9.17) is 11.6 Å². The van der Waals surface area contributed by atoms with Gasteiger partial charge in [-0.2, -0.15) is 0 Å². The Bertz CT molecular complexity index is 385. The zero-order valence-corrected chi connectivity index (χ0v) is 12.7. The molecule has 0 amide bonds. The molecular formula is C14H22ClNOS. The van der Waals surface area contributed by atoms with Crippen LogP contribution in [0.25, 0.3) is 0 Å². The molecule has 0 radical (unpaired) electrons. The molecule has 2 nitrogen and oxygen atoms in total. The van der Waals surface area contributed by atoms with E-state index in [-0.39, 0.29) is 6.04 Å². The van der Waals surface area contributed by atoms with Crippen LogP contribution in [-0.2, 0) is 0 Å². The Kier molecular flexibility index (Phi) is 4.70. The van der Waals surface area contributed by atoms with Gasteiger partial charge in [-0.3, -0.25) is 0 Å². The minimum absolute atomic E-state index is 0.255. The maximum Gasteiger partial charge on any atom is 0.0931 e. The average Bonchev–Trinajstić information content (AvgIpc) is 2.77. The van der Waals surface area contributed by atoms with Crippen LogP contribution >= 0.6 is 22.9 Å². The van der Waals surface area contributed by atoms with Crippen molar-refractivity contribution in [2.75, 3.05) is 6.54 Å². The fourth-order valence-corrected chi connectivity index (χ4v) is 3.57. The van der Waals surface area contributed by atoms with Crippen LogP contribution in [0, 0.1) is 5.92 Å². The highest BCUT2D eigenvalue weighted by molar-refractivity contribution is 7.16. The van der Waals surface area contributed by atoms with Crippen molar-refractivity contribution in [3.63, 3.8) is 0 Å². The first-order valence-corrected chi connectivity index (χ1v) is 7.89. The molecular weight excluding hydrogens is 266 g/mol. The lowest BCUT2D eigenvalue weighted by Crippen LogP contribution is -2.43. The molecule has 1 heterocycles. The van der Waals surface area contributed by atoms with Gasteiger partial charge in [-0.15, -0.1) is 11.3 Å². The van der Waals surface area contributed by atoms with Crippen LogP contribution in [0.2, 0.25) is 4.34 Å². The molecule has 1 aromatic rings. The van der Waals surface area contributed by atoms with Gasteiger partial charge in [0, 0.05) is 17.5 Å². The van der Waals surface area contributed by atoms with Gasteiger partial charge >= 0.3 is 0 Å². The second-order valence-electron chi connectivity index (χ2n) is 5.65. The zero-order chi connectivity index (χ0) is 13.2. The summed E-state index contributed by atoms with van der Waals surface area (Å²) in [5.74, 6) is 0.763. The summed E-state index contributed by atoms with van der Waals surface area (Å²) in [5, 5.41) is 13.9. The van der Waals surface area contributed by atoms with Crippen molar-refractivity contribution in [3.8, 4) is 0 Å². The second-order valence-corrected chi connectivity index (χ2v) is 7.40. The summed E-state index contributed by atoms with van der Waals surface area (Å²) < 4.78 is 0.823. The number of rotatable bonds is 4. The molecule has 0 spiro atoms. The maximum atomic E-state index is 10.5. The molecule has 2 rings (SSSR count). The van der Waals surface area contributed by atoms with Crippen LogP contribution in [0.3, 0.4) is 0 Å². The summed E-state index contributed by atoms with van der Waals surface area (Å²) in [6.45, 7) is 5.07. The van der Waals surface area contributed by atoms with Gasteiger partial charge in [0.15, 0.2) is 0 Å². The summed E-state index contributed by atoms with van der Waals surface area (Å²) in [7, 11) is 0. The Hall–Kier alpha value is -0.0900. The van der Waals surface area contributed by atoms with Gasteiger partial charge in [-0.25, -0.2) is 0 Å². The van der Waals surface area contributed by atoms with E-state index in [0.29, 0.717) is 6.54 Å². The average molecular weight is 288 g/mol. The Balaban J connectivity index is 1.84. The molecule has 0 aliphatic heterocycles. The van der Waals surface area contributed by atoms with E-state index in [1.807, 2.05) is 6.07 Å². The van der Waals surface area contributed by atoms with Crippen LogP contribution in [0.1, 0.15) is 50.4 Å². The first-order chi connectivity index (χ1) is 8.48. The van der Waals surface area contributed by atoms with Gasteiger partial charge in [-0.1, -0.05) is 18.5 Å². The highest BCUT2D eigenvalue weighted by Crippen LogP contribution is 2.32. The fraction of sp³-hybridized carbons (Fsp3) is 0.714. The molecule has 4 heteroatoms. The smallest absolute Gasteiger partial charge is 0.0931 e. The van der Waals surface area contributed by atoms with E-state index in [0.717, 1.165) is 35.9 Å². The molecule has 0 bridgehead atoms. The minimum Gasteiger partial charge on any atom is -0.389 e. The van der Waals surface area contributed by atoms with Gasteiger partial charge in [0.05, 0.1) is 9.94 Å². The third kappa shape index (κ3) is 3.70. The lowest BCUT2D eigenvalue weighted by molar-refractivity contribution is -0.00777. The third-order valence-electron chi connectivity index (χ3n) is 3.96. The predicted octanol–water partition coefficient (Wildman–Crippen LogP) is 3.99. The molecule has 1 aromatic heterocycles. The zero-order valence-electron chi connectivity index (χ0n) is 11.1. The summed E-state index contributed by atoms with van der Waals surface area (Å²) in [5.41, 5.74) is -0.512. The van der Waals surface area contributed by atoms with E-state index < -0.39 is 5.60 Å². The summed E-state index contributed by atoms with van der Waals surface area (Å²) >= 11 is 7.54. The maximum absolute atomic E-state index is 10.5. The predicted molar refractivity (Wildman–Crippen MR) is 78.3 cm³/mol. The van der Waals surface area contributed by atoms with Gasteiger partial charge in [0.1, 0.15) is 0 Å². The van der Waals surface area contributed by atoms with E-state index in [9.17, 15) is 5.11 Å². The molecule has 1 unspecified atom stereocenters. The Morgan fingerprint density at radius 2 is 2.17 bits per heavy atom. The van der Waals surface area contributed by atoms with Crippen LogP contribution in [0.15, 0.2) is 12.1 Å². The van der Waals surface area contributed by atoms with Crippen LogP contribution in [-0.4, -0.2) is 17.3 Å². The highest BCUT2D eigenvalue weighted by atomic mass is 35.5. The normalized spacial score (nSPS) is 30.3. The van der Waals surface area contributed by atoms with Crippen molar-refractivity contribution in [1.29, 1.82) is 0 Å². The van der Waals surface area contributed by atoms with Crippen LogP contribution < -0.4 is 5.32 Å². The SMILES string of the molecule is CC1CCC(O)(CNC(C)c2ccc(Cl)s2)CC1. The summed E-state index contributed by atoms with van der Waals surface area (Å²) in [6.07, 6.45) is 4.10. The Morgan fingerprint density at radius 3 is 2.72 bits per heavy atom. The van der Waals surface area contributed by atoms with Crippen molar-refractivity contribution in [1.82, 2.24) is 5.32 Å². The van der Waals surface area contributed by atoms with E-state index in [1.165, 1.54) is 4.88 Å². The number of thiophene rings is 1. The van der Waals surface area contributed by atoms with E-state index in [1.54, 1.807) is 11.3 Å². The van der Waals surface area contributed by atoms with Crippen molar-refractivity contribution in [2.24, 2.45) is 5.92 Å². The number of hydrogen-bond acceptors (Lipinski definition) is 3. The molecule has 1 aliphatic rings. The van der Waals surface area contributed by atoms with Gasteiger partial charge < -0.3 is 10.4 Å². The van der Waals surface area contributed by atoms with E-state index >= 15 is 0 Å². The quantitative estimate of drug-likeness (QED) is 0.877. The Morgan fingerprint density at radius 1 is 1.50 bits per heavy atom. The van der Waals surface area contributed by atoms with Gasteiger partial charge in [0.2, 0.25) is 0 Å². The minimum atomic E-state index is -0.512. The van der Waals surface area contributed by atoms with Gasteiger partial charge in [-0.05, 0) is 50.7 Å². The molecule has 0 aromatic carbocycles. The van der Waals surface area contributed by atoms with E-state index in [2.05, 4.69) is 25.2 Å². The largest absolute Gasteiger partial charge is 0.389 e. The van der Waals surface area contributed by atoms with Crippen LogP contribution in [0.4, 0.5) is 0 Å². The standard InChI is InChI=1S/C14H22ClNOS/c1-10-5-7-14(17,8-6-10)9-16-11(2)12-3-4-13(15)18-12/h3-4,10-11,16-17H,5-9H2,1-2H3. The number of aliphatic hydroxyl groups is 1. The molecule has 102 valence electrons. The van der Waals surface area contributed by atoms with Crippen molar-refractivity contribution in [2.45, 2.75) is 51.2 Å². The lowest BCUT2D eigenvalue weighted by Gasteiger charge is -2.35. The molecule has 1 aliphatic carbocycles. The number of nitrogens with one attached hydrogen (secondary N) is 1. The molecule has 18 heavy (non-hydrogen) atoms. The molecule has 1 atom stereocenters. The highest BCUT2D eigenvalue weighted by Gasteiger charge is 2.31. The second kappa shape index (κ2) is 5.91. The van der Waals surface area contributed by atoms with Gasteiger partial charge in [0.25, 0.3) is 0 Å². The summed E-state index contributed by atoms with van der Waals surface area (Å²) in [6, 6.07) is 4.24. The number of hydrogen-bond donors (Lipinski definition) is 2. The molecule has 1 saturated carbocycles. The number of halogens is 1. The van der Waals surface area contributed by atoms with Crippen LogP contribution in [0.5, 0.6) is 0 Å². The first kappa shape index (κ1) is 14.3. The topological polar surface area (TPSA) is 32.3 Å². The lowest BCUT2D eigenvalue weighted by atomic mass is 9.79. The first-order valence-electron chi connectivity index (χ1n) is 6.69. The molecule has 0 saturated heterocycles. The van der Waals surface area contributed by atoms with Crippen molar-refractivity contribution >= 4 is 22.9 Å². The monoisotopic (exact) mass is 287 g/mol. The summed E-state index contributed by atoms with van der Waals surface area (Å²) in [4.78, 5) is 1.23.